The average molecular weight is 580 g/mol. The first kappa shape index (κ1) is 28.5. The van der Waals surface area contributed by atoms with Crippen LogP contribution < -0.4 is 9.64 Å². The lowest BCUT2D eigenvalue weighted by atomic mass is 9.97. The standard InChI is InChI=1S/C33H34FN7O2/c1-4-27(42)41-17-16-40(19-23(41)13-14-35)32-26-18-36-30(25-12-6-10-22-9-5-8-21(2)28(22)25)29(34)31(26)37-33(38-32)43-20-24-11-7-15-39(24)3/h4-6,8-10,12,18,23-24H,1,7,11,13,15-17,19-20H2,2-3H3/t23-,24-/m0/s1. The maximum atomic E-state index is 16.6. The van der Waals surface area contributed by atoms with E-state index in [0.29, 0.717) is 43.0 Å². The fourth-order valence-corrected chi connectivity index (χ4v) is 6.34. The van der Waals surface area contributed by atoms with E-state index in [1.54, 1.807) is 11.1 Å². The maximum Gasteiger partial charge on any atom is 0.319 e. The monoisotopic (exact) mass is 579 g/mol. The van der Waals surface area contributed by atoms with Crippen LogP contribution in [0.5, 0.6) is 6.01 Å². The molecule has 0 bridgehead atoms. The van der Waals surface area contributed by atoms with E-state index in [9.17, 15) is 10.1 Å². The third-order valence-corrected chi connectivity index (χ3v) is 8.65. The van der Waals surface area contributed by atoms with Crippen LogP contribution in [-0.2, 0) is 4.79 Å². The summed E-state index contributed by atoms with van der Waals surface area (Å²) in [6.45, 7) is 8.15. The molecule has 4 heterocycles. The number of carbonyl (C=O) groups excluding carboxylic acids is 1. The number of rotatable bonds is 7. The summed E-state index contributed by atoms with van der Waals surface area (Å²) in [5.74, 6) is -0.297. The molecule has 2 saturated heterocycles. The summed E-state index contributed by atoms with van der Waals surface area (Å²) in [7, 11) is 2.07. The van der Waals surface area contributed by atoms with Crippen LogP contribution in [0.1, 0.15) is 24.8 Å². The lowest BCUT2D eigenvalue weighted by molar-refractivity contribution is -0.128. The Hall–Kier alpha value is -4.62. The number of benzene rings is 2. The number of amides is 1. The molecular formula is C33H34FN7O2. The van der Waals surface area contributed by atoms with Gasteiger partial charge in [-0.1, -0.05) is 43.0 Å². The lowest BCUT2D eigenvalue weighted by Gasteiger charge is -2.41. The largest absolute Gasteiger partial charge is 0.462 e. The molecule has 4 aromatic rings. The second-order valence-electron chi connectivity index (χ2n) is 11.3. The molecule has 2 aliphatic rings. The molecule has 2 aliphatic heterocycles. The van der Waals surface area contributed by atoms with Gasteiger partial charge in [-0.25, -0.2) is 4.39 Å². The normalized spacial score (nSPS) is 19.1. The molecule has 43 heavy (non-hydrogen) atoms. The Bertz CT molecular complexity index is 1750. The van der Waals surface area contributed by atoms with Gasteiger partial charge in [0.05, 0.1) is 23.9 Å². The van der Waals surface area contributed by atoms with E-state index in [1.807, 2.05) is 48.2 Å². The van der Waals surface area contributed by atoms with Crippen molar-refractivity contribution in [3.8, 4) is 23.3 Å². The number of nitrogens with zero attached hydrogens (tertiary/aromatic N) is 7. The van der Waals surface area contributed by atoms with Crippen molar-refractivity contribution in [2.24, 2.45) is 0 Å². The van der Waals surface area contributed by atoms with Gasteiger partial charge in [0, 0.05) is 37.4 Å². The van der Waals surface area contributed by atoms with Gasteiger partial charge in [-0.2, -0.15) is 15.2 Å². The first-order chi connectivity index (χ1) is 20.9. The zero-order valence-corrected chi connectivity index (χ0v) is 24.5. The number of ether oxygens (including phenoxy) is 1. The van der Waals surface area contributed by atoms with Crippen LogP contribution in [0.2, 0.25) is 0 Å². The third kappa shape index (κ3) is 5.37. The van der Waals surface area contributed by atoms with Gasteiger partial charge >= 0.3 is 6.01 Å². The van der Waals surface area contributed by atoms with Crippen LogP contribution in [0.25, 0.3) is 32.9 Å². The zero-order chi connectivity index (χ0) is 30.1. The number of likely N-dealkylation sites (N-methyl/N-ethyl adjacent to an activating group) is 1. The minimum absolute atomic E-state index is 0.0920. The van der Waals surface area contributed by atoms with Crippen molar-refractivity contribution in [3.63, 3.8) is 0 Å². The molecule has 10 heteroatoms. The highest BCUT2D eigenvalue weighted by Gasteiger charge is 2.32. The molecular weight excluding hydrogens is 545 g/mol. The summed E-state index contributed by atoms with van der Waals surface area (Å²) in [5, 5.41) is 11.9. The van der Waals surface area contributed by atoms with E-state index >= 15 is 4.39 Å². The summed E-state index contributed by atoms with van der Waals surface area (Å²) in [4.78, 5) is 32.4. The number of pyridine rings is 1. The molecule has 0 aliphatic carbocycles. The Morgan fingerprint density at radius 2 is 2.00 bits per heavy atom. The number of anilines is 1. The summed E-state index contributed by atoms with van der Waals surface area (Å²) >= 11 is 0. The zero-order valence-electron chi connectivity index (χ0n) is 24.5. The Labute approximate surface area is 250 Å². The Morgan fingerprint density at radius 3 is 2.74 bits per heavy atom. The molecule has 0 spiro atoms. The van der Waals surface area contributed by atoms with Crippen LogP contribution >= 0.6 is 0 Å². The highest BCUT2D eigenvalue weighted by molar-refractivity contribution is 6.00. The van der Waals surface area contributed by atoms with E-state index in [2.05, 4.69) is 34.6 Å². The van der Waals surface area contributed by atoms with Gasteiger partial charge in [-0.15, -0.1) is 0 Å². The van der Waals surface area contributed by atoms with Crippen molar-refractivity contribution < 1.29 is 13.9 Å². The van der Waals surface area contributed by atoms with Crippen LogP contribution in [0.3, 0.4) is 0 Å². The smallest absolute Gasteiger partial charge is 0.319 e. The molecule has 2 aromatic carbocycles. The van der Waals surface area contributed by atoms with Crippen LogP contribution in [0, 0.1) is 24.1 Å². The molecule has 1 amide bonds. The van der Waals surface area contributed by atoms with Gasteiger partial charge < -0.3 is 19.4 Å². The SMILES string of the molecule is C=CC(=O)N1CCN(c2nc(OC[C@@H]3CCCN3C)nc3c(F)c(-c4cccc5cccc(C)c45)ncc23)C[C@@H]1CC#N. The molecule has 6 rings (SSSR count). The van der Waals surface area contributed by atoms with Crippen LogP contribution in [0.4, 0.5) is 10.2 Å². The van der Waals surface area contributed by atoms with Crippen molar-refractivity contribution >= 4 is 33.4 Å². The number of hydrogen-bond acceptors (Lipinski definition) is 8. The molecule has 9 nitrogen and oxygen atoms in total. The first-order valence-corrected chi connectivity index (χ1v) is 14.6. The Balaban J connectivity index is 1.46. The number of aryl methyl sites for hydroxylation is 1. The van der Waals surface area contributed by atoms with Crippen molar-refractivity contribution in [2.75, 3.05) is 44.7 Å². The fraction of sp³-hybridized carbons (Fsp3) is 0.364. The molecule has 0 saturated carbocycles. The van der Waals surface area contributed by atoms with Crippen LogP contribution in [0.15, 0.2) is 55.3 Å². The molecule has 220 valence electrons. The van der Waals surface area contributed by atoms with Crippen molar-refractivity contribution in [2.45, 2.75) is 38.3 Å². The van der Waals surface area contributed by atoms with Gasteiger partial charge in [0.15, 0.2) is 5.82 Å². The number of hydrogen-bond donors (Lipinski definition) is 0. The highest BCUT2D eigenvalue weighted by atomic mass is 19.1. The van der Waals surface area contributed by atoms with Crippen molar-refractivity contribution in [3.05, 3.63) is 66.6 Å². The molecule has 2 aromatic heterocycles. The summed E-state index contributed by atoms with van der Waals surface area (Å²) in [6.07, 6.45) is 5.14. The van der Waals surface area contributed by atoms with E-state index in [-0.39, 0.29) is 41.6 Å². The minimum atomic E-state index is -0.547. The number of piperazine rings is 1. The fourth-order valence-electron chi connectivity index (χ4n) is 6.34. The Kier molecular flexibility index (Phi) is 7.91. The molecule has 2 fully saturated rings. The van der Waals surface area contributed by atoms with Crippen LogP contribution in [-0.4, -0.2) is 82.6 Å². The number of likely N-dealkylation sites (tertiary alicyclic amines) is 1. The summed E-state index contributed by atoms with van der Waals surface area (Å²) in [6, 6.07) is 13.9. The first-order valence-electron chi connectivity index (χ1n) is 14.6. The van der Waals surface area contributed by atoms with Crippen molar-refractivity contribution in [1.82, 2.24) is 24.8 Å². The quantitative estimate of drug-likeness (QED) is 0.286. The predicted octanol–water partition coefficient (Wildman–Crippen LogP) is 4.88. The van der Waals surface area contributed by atoms with E-state index in [1.165, 1.54) is 6.08 Å². The number of halogens is 1. The molecule has 0 N–H and O–H groups in total. The van der Waals surface area contributed by atoms with Gasteiger partial charge in [0.1, 0.15) is 23.6 Å². The van der Waals surface area contributed by atoms with Gasteiger partial charge in [0.2, 0.25) is 5.91 Å². The molecule has 0 unspecified atom stereocenters. The molecule has 2 atom stereocenters. The third-order valence-electron chi connectivity index (χ3n) is 8.65. The minimum Gasteiger partial charge on any atom is -0.462 e. The van der Waals surface area contributed by atoms with Gasteiger partial charge in [-0.05, 0) is 55.8 Å². The average Bonchev–Trinajstić information content (AvgIpc) is 3.44. The highest BCUT2D eigenvalue weighted by Crippen LogP contribution is 2.36. The molecule has 0 radical (unpaired) electrons. The van der Waals surface area contributed by atoms with Gasteiger partial charge in [0.25, 0.3) is 0 Å². The number of carbonyl (C=O) groups is 1. The number of aromatic nitrogens is 3. The Morgan fingerprint density at radius 1 is 1.19 bits per heavy atom. The summed E-state index contributed by atoms with van der Waals surface area (Å²) in [5.41, 5.74) is 2.05. The van der Waals surface area contributed by atoms with E-state index in [0.717, 1.165) is 35.7 Å². The number of fused-ring (bicyclic) bond motifs is 2. The second kappa shape index (κ2) is 11.9. The van der Waals surface area contributed by atoms with Gasteiger partial charge in [-0.3, -0.25) is 9.78 Å². The second-order valence-corrected chi connectivity index (χ2v) is 11.3. The summed E-state index contributed by atoms with van der Waals surface area (Å²) < 4.78 is 22.7. The number of nitriles is 1. The maximum absolute atomic E-state index is 16.6. The topological polar surface area (TPSA) is 98.5 Å². The van der Waals surface area contributed by atoms with E-state index < -0.39 is 5.82 Å². The van der Waals surface area contributed by atoms with E-state index in [4.69, 9.17) is 9.72 Å². The van der Waals surface area contributed by atoms with Crippen molar-refractivity contribution in [1.29, 1.82) is 5.26 Å². The lowest BCUT2D eigenvalue weighted by Crippen LogP contribution is -2.55. The predicted molar refractivity (Wildman–Crippen MR) is 164 cm³/mol.